The molecule has 3 aromatic rings. The van der Waals surface area contributed by atoms with Crippen LogP contribution in [0.1, 0.15) is 21.5 Å². The third-order valence-electron chi connectivity index (χ3n) is 4.92. The van der Waals surface area contributed by atoms with Crippen LogP contribution in [0.5, 0.6) is 28.7 Å². The second-order valence-electron chi connectivity index (χ2n) is 7.50. The molecule has 1 N–H and O–H groups in total. The maximum absolute atomic E-state index is 13.0. The summed E-state index contributed by atoms with van der Waals surface area (Å²) in [5.74, 6) is 0.593. The normalized spacial score (nSPS) is 10.6. The number of halogens is 2. The van der Waals surface area contributed by atoms with E-state index in [1.807, 2.05) is 19.1 Å². The first-order valence-corrected chi connectivity index (χ1v) is 12.4. The number of nitrogens with zero attached hydrogens (tertiary/aromatic N) is 1. The number of amides is 1. The number of carbonyl (C=O) groups excluding carboxylic acids is 2. The molecule has 0 fully saturated rings. The molecule has 0 aliphatic heterocycles. The molecule has 3 aromatic carbocycles. The summed E-state index contributed by atoms with van der Waals surface area (Å²) in [5.41, 5.74) is 4.07. The van der Waals surface area contributed by atoms with E-state index in [1.54, 1.807) is 24.3 Å². The fourth-order valence-electron chi connectivity index (χ4n) is 3.12. The molecule has 0 saturated heterocycles. The van der Waals surface area contributed by atoms with Crippen molar-refractivity contribution in [1.29, 1.82) is 0 Å². The van der Waals surface area contributed by atoms with Gasteiger partial charge in [-0.1, -0.05) is 33.6 Å². The van der Waals surface area contributed by atoms with E-state index in [1.165, 1.54) is 39.7 Å². The Morgan fingerprint density at radius 2 is 1.57 bits per heavy atom. The van der Waals surface area contributed by atoms with Crippen LogP contribution < -0.4 is 29.1 Å². The lowest BCUT2D eigenvalue weighted by Gasteiger charge is -2.15. The van der Waals surface area contributed by atoms with Crippen molar-refractivity contribution in [2.45, 2.75) is 6.92 Å². The second-order valence-corrected chi connectivity index (χ2v) is 9.27. The highest BCUT2D eigenvalue weighted by Gasteiger charge is 2.20. The molecule has 0 aromatic heterocycles. The predicted octanol–water partition coefficient (Wildman–Crippen LogP) is 5.29. The highest BCUT2D eigenvalue weighted by molar-refractivity contribution is 9.11. The zero-order chi connectivity index (χ0) is 26.9. The van der Waals surface area contributed by atoms with E-state index in [9.17, 15) is 9.59 Å². The summed E-state index contributed by atoms with van der Waals surface area (Å²) < 4.78 is 28.2. The van der Waals surface area contributed by atoms with Crippen LogP contribution >= 0.6 is 31.9 Å². The number of ether oxygens (including phenoxy) is 5. The molecule has 9 nitrogen and oxygen atoms in total. The molecule has 0 saturated carbocycles. The number of hydrogen-bond donors (Lipinski definition) is 1. The van der Waals surface area contributed by atoms with Crippen molar-refractivity contribution in [1.82, 2.24) is 5.43 Å². The minimum Gasteiger partial charge on any atom is -0.493 e. The van der Waals surface area contributed by atoms with E-state index in [2.05, 4.69) is 42.4 Å². The number of nitrogens with one attached hydrogen (secondary N) is 1. The van der Waals surface area contributed by atoms with Gasteiger partial charge in [0.15, 0.2) is 23.9 Å². The van der Waals surface area contributed by atoms with Crippen LogP contribution in [0, 0.1) is 6.92 Å². The lowest BCUT2D eigenvalue weighted by molar-refractivity contribution is -0.123. The highest BCUT2D eigenvalue weighted by Crippen LogP contribution is 2.39. The predicted molar refractivity (Wildman–Crippen MR) is 145 cm³/mol. The molecule has 0 atom stereocenters. The molecule has 0 aliphatic rings. The molecule has 37 heavy (non-hydrogen) atoms. The van der Waals surface area contributed by atoms with Gasteiger partial charge in [0.1, 0.15) is 5.75 Å². The van der Waals surface area contributed by atoms with Gasteiger partial charge >= 0.3 is 5.97 Å². The van der Waals surface area contributed by atoms with E-state index in [0.717, 1.165) is 5.56 Å². The van der Waals surface area contributed by atoms with Gasteiger partial charge in [-0.15, -0.1) is 0 Å². The first kappa shape index (κ1) is 28.0. The summed E-state index contributed by atoms with van der Waals surface area (Å²) in [4.78, 5) is 25.2. The van der Waals surface area contributed by atoms with Gasteiger partial charge in [-0.25, -0.2) is 10.2 Å². The second kappa shape index (κ2) is 13.1. The Morgan fingerprint density at radius 3 is 2.16 bits per heavy atom. The van der Waals surface area contributed by atoms with Crippen LogP contribution in [0.2, 0.25) is 0 Å². The van der Waals surface area contributed by atoms with Crippen LogP contribution in [0.25, 0.3) is 0 Å². The van der Waals surface area contributed by atoms with Crippen molar-refractivity contribution in [2.24, 2.45) is 5.10 Å². The molecular weight excluding hydrogens is 612 g/mol. The van der Waals surface area contributed by atoms with Gasteiger partial charge in [-0.05, 0) is 59.3 Å². The number of carbonyl (C=O) groups is 2. The van der Waals surface area contributed by atoms with Crippen LogP contribution in [0.4, 0.5) is 0 Å². The monoisotopic (exact) mass is 634 g/mol. The van der Waals surface area contributed by atoms with Crippen molar-refractivity contribution < 1.29 is 33.3 Å². The summed E-state index contributed by atoms with van der Waals surface area (Å²) in [5, 5.41) is 3.97. The molecule has 0 unspecified atom stereocenters. The molecule has 1 amide bonds. The Hall–Kier alpha value is -3.57. The van der Waals surface area contributed by atoms with Crippen LogP contribution in [0.3, 0.4) is 0 Å². The Balaban J connectivity index is 1.75. The average Bonchev–Trinajstić information content (AvgIpc) is 2.89. The Labute approximate surface area is 231 Å². The number of rotatable bonds is 10. The number of methoxy groups -OCH3 is 3. The largest absolute Gasteiger partial charge is 0.493 e. The molecule has 0 aliphatic carbocycles. The zero-order valence-corrected chi connectivity index (χ0v) is 23.6. The lowest BCUT2D eigenvalue weighted by Crippen LogP contribution is -2.24. The molecule has 0 spiro atoms. The third-order valence-corrected chi connectivity index (χ3v) is 5.96. The highest BCUT2D eigenvalue weighted by atomic mass is 79.9. The summed E-state index contributed by atoms with van der Waals surface area (Å²) in [7, 11) is 4.37. The third kappa shape index (κ3) is 7.46. The first-order chi connectivity index (χ1) is 17.7. The van der Waals surface area contributed by atoms with E-state index in [-0.39, 0.29) is 17.9 Å². The fourth-order valence-corrected chi connectivity index (χ4v) is 4.46. The number of esters is 1. The van der Waals surface area contributed by atoms with Gasteiger partial charge in [-0.2, -0.15) is 5.10 Å². The maximum Gasteiger partial charge on any atom is 0.343 e. The van der Waals surface area contributed by atoms with Crippen molar-refractivity contribution in [3.05, 3.63) is 74.2 Å². The molecular formula is C26H24Br2N2O7. The molecule has 0 bridgehead atoms. The Bertz CT molecular complexity index is 1290. The average molecular weight is 636 g/mol. The van der Waals surface area contributed by atoms with Crippen molar-refractivity contribution in [2.75, 3.05) is 27.9 Å². The van der Waals surface area contributed by atoms with E-state index in [4.69, 9.17) is 23.7 Å². The SMILES string of the molecule is COc1cc(C(=O)Oc2c(Br)cc(Br)cc2/C=N/NC(=O)COc2ccc(C)cc2)cc(OC)c1OC. The van der Waals surface area contributed by atoms with Crippen molar-refractivity contribution in [3.63, 3.8) is 0 Å². The summed E-state index contributed by atoms with van der Waals surface area (Å²) in [6, 6.07) is 13.7. The molecule has 3 rings (SSSR count). The van der Waals surface area contributed by atoms with Gasteiger partial charge < -0.3 is 23.7 Å². The lowest BCUT2D eigenvalue weighted by atomic mass is 10.1. The van der Waals surface area contributed by atoms with Gasteiger partial charge in [0.05, 0.1) is 37.6 Å². The molecule has 0 radical (unpaired) electrons. The molecule has 11 heteroatoms. The summed E-state index contributed by atoms with van der Waals surface area (Å²) in [6.07, 6.45) is 1.36. The maximum atomic E-state index is 13.0. The number of hydrazone groups is 1. The number of hydrogen-bond acceptors (Lipinski definition) is 8. The quantitative estimate of drug-likeness (QED) is 0.140. The first-order valence-electron chi connectivity index (χ1n) is 10.8. The fraction of sp³-hybridized carbons (Fsp3) is 0.192. The minimum atomic E-state index is -0.674. The summed E-state index contributed by atoms with van der Waals surface area (Å²) >= 11 is 6.81. The van der Waals surface area contributed by atoms with Gasteiger partial charge in [0.2, 0.25) is 5.75 Å². The number of benzene rings is 3. The topological polar surface area (TPSA) is 105 Å². The number of aryl methyl sites for hydroxylation is 1. The Morgan fingerprint density at radius 1 is 0.919 bits per heavy atom. The van der Waals surface area contributed by atoms with Crippen molar-refractivity contribution >= 4 is 50.0 Å². The Kier molecular flexibility index (Phi) is 9.93. The molecule has 0 heterocycles. The van der Waals surface area contributed by atoms with Crippen LogP contribution in [-0.4, -0.2) is 46.0 Å². The summed E-state index contributed by atoms with van der Waals surface area (Å²) in [6.45, 7) is 1.74. The van der Waals surface area contributed by atoms with Crippen molar-refractivity contribution in [3.8, 4) is 28.7 Å². The van der Waals surface area contributed by atoms with Crippen LogP contribution in [0.15, 0.2) is 62.6 Å². The van der Waals surface area contributed by atoms with E-state index >= 15 is 0 Å². The van der Waals surface area contributed by atoms with E-state index < -0.39 is 11.9 Å². The smallest absolute Gasteiger partial charge is 0.343 e. The van der Waals surface area contributed by atoms with Gasteiger partial charge in [-0.3, -0.25) is 4.79 Å². The van der Waals surface area contributed by atoms with Gasteiger partial charge in [0.25, 0.3) is 5.91 Å². The molecule has 194 valence electrons. The van der Waals surface area contributed by atoms with E-state index in [0.29, 0.717) is 37.5 Å². The van der Waals surface area contributed by atoms with Crippen LogP contribution in [-0.2, 0) is 4.79 Å². The van der Waals surface area contributed by atoms with Gasteiger partial charge in [0, 0.05) is 10.0 Å². The minimum absolute atomic E-state index is 0.175. The zero-order valence-electron chi connectivity index (χ0n) is 20.5. The standard InChI is InChI=1S/C26H24Br2N2O7/c1-15-5-7-19(8-6-15)36-14-23(31)30-29-13-17-9-18(27)12-20(28)24(17)37-26(32)16-10-21(33-2)25(35-4)22(11-16)34-3/h5-13H,14H2,1-4H3,(H,30,31)/b29-13+.